The minimum Gasteiger partial charge on any atom is -0.488 e. The van der Waals surface area contributed by atoms with Gasteiger partial charge in [0.2, 0.25) is 0 Å². The zero-order valence-corrected chi connectivity index (χ0v) is 12.8. The van der Waals surface area contributed by atoms with Gasteiger partial charge in [-0.25, -0.2) is 0 Å². The highest BCUT2D eigenvalue weighted by atomic mass is 16.5. The summed E-state index contributed by atoms with van der Waals surface area (Å²) in [4.78, 5) is 0. The van der Waals surface area contributed by atoms with E-state index >= 15 is 0 Å². The van der Waals surface area contributed by atoms with Crippen molar-refractivity contribution >= 4 is 0 Å². The summed E-state index contributed by atoms with van der Waals surface area (Å²) >= 11 is 0. The first-order valence-corrected chi connectivity index (χ1v) is 7.59. The lowest BCUT2D eigenvalue weighted by Gasteiger charge is -2.12. The summed E-state index contributed by atoms with van der Waals surface area (Å²) in [5.74, 6) is 0.865. The molecule has 0 N–H and O–H groups in total. The predicted molar refractivity (Wildman–Crippen MR) is 92.0 cm³/mol. The Labute approximate surface area is 136 Å². The molecule has 3 aromatic carbocycles. The molecule has 0 aliphatic rings. The summed E-state index contributed by atoms with van der Waals surface area (Å²) in [7, 11) is 0. The molecule has 0 aliphatic heterocycles. The van der Waals surface area contributed by atoms with Gasteiger partial charge >= 0.3 is 0 Å². The van der Waals surface area contributed by atoms with Crippen LogP contribution in [0.1, 0.15) is 11.1 Å². The van der Waals surface area contributed by atoms with Crippen molar-refractivity contribution in [1.82, 2.24) is 0 Å². The number of ether oxygens (including phenoxy) is 1. The second-order valence-electron chi connectivity index (χ2n) is 5.30. The summed E-state index contributed by atoms with van der Waals surface area (Å²) < 4.78 is 6.00. The lowest BCUT2D eigenvalue weighted by molar-refractivity contribution is 0.307. The Balaban J connectivity index is 1.81. The third kappa shape index (κ3) is 3.78. The summed E-state index contributed by atoms with van der Waals surface area (Å²) in [6.07, 6.45) is 0.437. The molecular formula is C21H17NO. The normalized spacial score (nSPS) is 10.0. The number of rotatable bonds is 5. The fourth-order valence-electron chi connectivity index (χ4n) is 2.46. The van der Waals surface area contributed by atoms with Crippen LogP contribution in [0.4, 0.5) is 0 Å². The maximum Gasteiger partial charge on any atom is 0.127 e. The van der Waals surface area contributed by atoms with Gasteiger partial charge in [-0.2, -0.15) is 5.26 Å². The van der Waals surface area contributed by atoms with Crippen molar-refractivity contribution < 1.29 is 4.74 Å². The van der Waals surface area contributed by atoms with Crippen molar-refractivity contribution in [2.75, 3.05) is 0 Å². The first kappa shape index (κ1) is 14.9. The van der Waals surface area contributed by atoms with Crippen molar-refractivity contribution in [2.45, 2.75) is 13.0 Å². The Kier molecular flexibility index (Phi) is 4.71. The van der Waals surface area contributed by atoms with Gasteiger partial charge in [0.25, 0.3) is 0 Å². The Bertz CT molecular complexity index is 801. The third-order valence-electron chi connectivity index (χ3n) is 3.67. The van der Waals surface area contributed by atoms with Crippen LogP contribution in [0.5, 0.6) is 5.75 Å². The van der Waals surface area contributed by atoms with Gasteiger partial charge in [-0.3, -0.25) is 0 Å². The standard InChI is InChI=1S/C21H17NO/c22-15-14-17-10-12-19(13-11-17)20-8-4-5-9-21(20)23-16-18-6-2-1-3-7-18/h1-13H,14,16H2. The van der Waals surface area contributed by atoms with Crippen molar-refractivity contribution in [1.29, 1.82) is 5.26 Å². The maximum atomic E-state index is 8.76. The van der Waals surface area contributed by atoms with E-state index in [1.807, 2.05) is 60.7 Å². The molecule has 0 fully saturated rings. The second kappa shape index (κ2) is 7.29. The fourth-order valence-corrected chi connectivity index (χ4v) is 2.46. The number of benzene rings is 3. The van der Waals surface area contributed by atoms with Gasteiger partial charge in [-0.05, 0) is 22.8 Å². The fraction of sp³-hybridized carbons (Fsp3) is 0.0952. The van der Waals surface area contributed by atoms with Crippen molar-refractivity contribution in [3.8, 4) is 22.9 Å². The number of hydrogen-bond acceptors (Lipinski definition) is 2. The summed E-state index contributed by atoms with van der Waals surface area (Å²) in [6.45, 7) is 0.546. The molecule has 0 saturated carbocycles. The van der Waals surface area contributed by atoms with Gasteiger partial charge in [0.1, 0.15) is 12.4 Å². The molecular weight excluding hydrogens is 282 g/mol. The summed E-state index contributed by atoms with van der Waals surface area (Å²) in [5, 5.41) is 8.76. The van der Waals surface area contributed by atoms with E-state index in [2.05, 4.69) is 24.3 Å². The average molecular weight is 299 g/mol. The van der Waals surface area contributed by atoms with E-state index in [9.17, 15) is 0 Å². The van der Waals surface area contributed by atoms with Gasteiger partial charge in [-0.15, -0.1) is 0 Å². The van der Waals surface area contributed by atoms with Crippen molar-refractivity contribution in [3.63, 3.8) is 0 Å². The lowest BCUT2D eigenvalue weighted by Crippen LogP contribution is -1.96. The van der Waals surface area contributed by atoms with Crippen LogP contribution in [-0.4, -0.2) is 0 Å². The van der Waals surface area contributed by atoms with Crippen LogP contribution in [-0.2, 0) is 13.0 Å². The number of nitriles is 1. The van der Waals surface area contributed by atoms with E-state index in [4.69, 9.17) is 10.00 Å². The zero-order chi connectivity index (χ0) is 15.9. The van der Waals surface area contributed by atoms with Crippen molar-refractivity contribution in [2.24, 2.45) is 0 Å². The summed E-state index contributed by atoms with van der Waals surface area (Å²) in [6, 6.07) is 28.4. The molecule has 0 aliphatic carbocycles. The van der Waals surface area contributed by atoms with Crippen LogP contribution in [0.2, 0.25) is 0 Å². The topological polar surface area (TPSA) is 33.0 Å². The Morgan fingerprint density at radius 1 is 0.739 bits per heavy atom. The maximum absolute atomic E-state index is 8.76. The molecule has 0 heterocycles. The van der Waals surface area contributed by atoms with Crippen LogP contribution in [0.15, 0.2) is 78.9 Å². The monoisotopic (exact) mass is 299 g/mol. The van der Waals surface area contributed by atoms with Gasteiger partial charge in [0.05, 0.1) is 12.5 Å². The molecule has 23 heavy (non-hydrogen) atoms. The Morgan fingerprint density at radius 3 is 2.17 bits per heavy atom. The molecule has 112 valence electrons. The van der Waals surface area contributed by atoms with E-state index in [0.29, 0.717) is 13.0 Å². The van der Waals surface area contributed by atoms with Gasteiger partial charge in [-0.1, -0.05) is 72.8 Å². The highest BCUT2D eigenvalue weighted by molar-refractivity contribution is 5.70. The zero-order valence-electron chi connectivity index (χ0n) is 12.8. The average Bonchev–Trinajstić information content (AvgIpc) is 2.62. The molecule has 0 saturated heterocycles. The molecule has 0 unspecified atom stereocenters. The van der Waals surface area contributed by atoms with Gasteiger partial charge < -0.3 is 4.74 Å². The lowest BCUT2D eigenvalue weighted by atomic mass is 10.0. The molecule has 2 nitrogen and oxygen atoms in total. The molecule has 0 radical (unpaired) electrons. The number of hydrogen-bond donors (Lipinski definition) is 0. The van der Waals surface area contributed by atoms with E-state index in [1.54, 1.807) is 0 Å². The third-order valence-corrected chi connectivity index (χ3v) is 3.67. The molecule has 2 heteroatoms. The van der Waals surface area contributed by atoms with Gasteiger partial charge in [0.15, 0.2) is 0 Å². The van der Waals surface area contributed by atoms with E-state index in [-0.39, 0.29) is 0 Å². The highest BCUT2D eigenvalue weighted by Crippen LogP contribution is 2.30. The van der Waals surface area contributed by atoms with Crippen LogP contribution < -0.4 is 4.74 Å². The number of para-hydroxylation sites is 1. The minimum absolute atomic E-state index is 0.437. The number of nitrogens with zero attached hydrogens (tertiary/aromatic N) is 1. The van der Waals surface area contributed by atoms with Crippen LogP contribution in [0.3, 0.4) is 0 Å². The predicted octanol–water partition coefficient (Wildman–Crippen LogP) is 5.00. The molecule has 0 spiro atoms. The second-order valence-corrected chi connectivity index (χ2v) is 5.30. The molecule has 0 bridgehead atoms. The smallest absolute Gasteiger partial charge is 0.127 e. The molecule has 3 rings (SSSR count). The highest BCUT2D eigenvalue weighted by Gasteiger charge is 2.06. The van der Waals surface area contributed by atoms with Gasteiger partial charge in [0, 0.05) is 5.56 Å². The first-order valence-electron chi connectivity index (χ1n) is 7.59. The Morgan fingerprint density at radius 2 is 1.43 bits per heavy atom. The first-order chi connectivity index (χ1) is 11.4. The van der Waals surface area contributed by atoms with Crippen molar-refractivity contribution in [3.05, 3.63) is 90.0 Å². The van der Waals surface area contributed by atoms with E-state index < -0.39 is 0 Å². The SMILES string of the molecule is N#CCc1ccc(-c2ccccc2OCc2ccccc2)cc1. The summed E-state index contributed by atoms with van der Waals surface area (Å²) in [5.41, 5.74) is 4.33. The largest absolute Gasteiger partial charge is 0.488 e. The quantitative estimate of drug-likeness (QED) is 0.664. The van der Waals surface area contributed by atoms with E-state index in [0.717, 1.165) is 28.0 Å². The molecule has 3 aromatic rings. The molecule has 0 aromatic heterocycles. The van der Waals surface area contributed by atoms with Crippen LogP contribution >= 0.6 is 0 Å². The molecule has 0 amide bonds. The van der Waals surface area contributed by atoms with Crippen LogP contribution in [0, 0.1) is 11.3 Å². The molecule has 0 atom stereocenters. The minimum atomic E-state index is 0.437. The Hall–Kier alpha value is -3.05. The van der Waals surface area contributed by atoms with Crippen LogP contribution in [0.25, 0.3) is 11.1 Å². The van der Waals surface area contributed by atoms with E-state index in [1.165, 1.54) is 0 Å².